The highest BCUT2D eigenvalue weighted by atomic mass is 16.2. The lowest BCUT2D eigenvalue weighted by Crippen LogP contribution is -2.37. The molecule has 0 aromatic heterocycles. The molecule has 0 radical (unpaired) electrons. The van der Waals surface area contributed by atoms with Crippen LogP contribution < -0.4 is 5.73 Å². The summed E-state index contributed by atoms with van der Waals surface area (Å²) in [5.74, 6) is 1.86. The van der Waals surface area contributed by atoms with E-state index in [4.69, 9.17) is 5.73 Å². The maximum Gasteiger partial charge on any atom is 0.222 e. The summed E-state index contributed by atoms with van der Waals surface area (Å²) < 4.78 is 0. The highest BCUT2D eigenvalue weighted by Gasteiger charge is 2.20. The molecule has 0 fully saturated rings. The Bertz CT molecular complexity index is 237. The summed E-state index contributed by atoms with van der Waals surface area (Å²) >= 11 is 0. The molecule has 1 unspecified atom stereocenters. The minimum absolute atomic E-state index is 0.283. The van der Waals surface area contributed by atoms with E-state index in [9.17, 15) is 4.79 Å². The smallest absolute Gasteiger partial charge is 0.222 e. The van der Waals surface area contributed by atoms with E-state index in [0.29, 0.717) is 30.7 Å². The molecule has 3 nitrogen and oxygen atoms in total. The number of hydrogen-bond donors (Lipinski definition) is 1. The number of rotatable bonds is 10. The van der Waals surface area contributed by atoms with Crippen molar-refractivity contribution in [3.8, 4) is 0 Å². The number of carbonyl (C=O) groups is 1. The van der Waals surface area contributed by atoms with Gasteiger partial charge in [-0.25, -0.2) is 0 Å². The Kier molecular flexibility index (Phi) is 9.94. The average molecular weight is 270 g/mol. The SMILES string of the molecule is CCC(CC)CN(CC)C(=O)CC(CN)CC(C)C. The Labute approximate surface area is 119 Å². The molecule has 0 aliphatic heterocycles. The number of amides is 1. The first-order valence-electron chi connectivity index (χ1n) is 7.96. The molecule has 0 aliphatic rings. The number of hydrogen-bond acceptors (Lipinski definition) is 2. The minimum Gasteiger partial charge on any atom is -0.343 e. The van der Waals surface area contributed by atoms with E-state index in [2.05, 4.69) is 34.6 Å². The Morgan fingerprint density at radius 1 is 1.11 bits per heavy atom. The predicted molar refractivity (Wildman–Crippen MR) is 82.9 cm³/mol. The molecule has 1 amide bonds. The first kappa shape index (κ1) is 18.4. The van der Waals surface area contributed by atoms with Gasteiger partial charge in [-0.1, -0.05) is 40.5 Å². The van der Waals surface area contributed by atoms with E-state index in [-0.39, 0.29) is 5.91 Å². The van der Waals surface area contributed by atoms with Crippen LogP contribution in [0.3, 0.4) is 0 Å². The summed E-state index contributed by atoms with van der Waals surface area (Å²) in [7, 11) is 0. The van der Waals surface area contributed by atoms with Crippen LogP contribution in [0.1, 0.15) is 60.3 Å². The molecule has 0 aromatic carbocycles. The second-order valence-electron chi connectivity index (χ2n) is 6.05. The molecule has 0 bridgehead atoms. The Balaban J connectivity index is 4.40. The van der Waals surface area contributed by atoms with Crippen LogP contribution in [-0.2, 0) is 4.79 Å². The lowest BCUT2D eigenvalue weighted by Gasteiger charge is -2.27. The third-order valence-electron chi connectivity index (χ3n) is 3.97. The van der Waals surface area contributed by atoms with E-state index >= 15 is 0 Å². The van der Waals surface area contributed by atoms with E-state index in [1.54, 1.807) is 0 Å². The van der Waals surface area contributed by atoms with Gasteiger partial charge in [0.05, 0.1) is 0 Å². The van der Waals surface area contributed by atoms with Gasteiger partial charge in [-0.15, -0.1) is 0 Å². The highest BCUT2D eigenvalue weighted by Crippen LogP contribution is 2.17. The van der Waals surface area contributed by atoms with Gasteiger partial charge >= 0.3 is 0 Å². The van der Waals surface area contributed by atoms with Crippen LogP contribution in [-0.4, -0.2) is 30.4 Å². The van der Waals surface area contributed by atoms with Gasteiger partial charge in [0.1, 0.15) is 0 Å². The van der Waals surface area contributed by atoms with Crippen molar-refractivity contribution in [2.24, 2.45) is 23.5 Å². The van der Waals surface area contributed by atoms with Crippen molar-refractivity contribution in [3.63, 3.8) is 0 Å². The van der Waals surface area contributed by atoms with Crippen molar-refractivity contribution >= 4 is 5.91 Å². The van der Waals surface area contributed by atoms with Crippen LogP contribution in [0, 0.1) is 17.8 Å². The zero-order chi connectivity index (χ0) is 14.8. The standard InChI is InChI=1S/C16H34N2O/c1-6-14(7-2)12-18(8-3)16(19)10-15(11-17)9-13(4)5/h13-15H,6-12,17H2,1-5H3. The van der Waals surface area contributed by atoms with E-state index in [0.717, 1.165) is 32.4 Å². The van der Waals surface area contributed by atoms with Crippen molar-refractivity contribution < 1.29 is 4.79 Å². The maximum absolute atomic E-state index is 12.4. The van der Waals surface area contributed by atoms with Crippen LogP contribution in [0.5, 0.6) is 0 Å². The Morgan fingerprint density at radius 3 is 2.05 bits per heavy atom. The predicted octanol–water partition coefficient (Wildman–Crippen LogP) is 3.28. The highest BCUT2D eigenvalue weighted by molar-refractivity contribution is 5.76. The van der Waals surface area contributed by atoms with Crippen molar-refractivity contribution in [1.82, 2.24) is 4.90 Å². The van der Waals surface area contributed by atoms with Crippen molar-refractivity contribution in [2.45, 2.75) is 60.3 Å². The summed E-state index contributed by atoms with van der Waals surface area (Å²) in [6, 6.07) is 0. The number of nitrogens with zero attached hydrogens (tertiary/aromatic N) is 1. The van der Waals surface area contributed by atoms with Crippen LogP contribution in [0.4, 0.5) is 0 Å². The fraction of sp³-hybridized carbons (Fsp3) is 0.938. The molecule has 0 rings (SSSR count). The second kappa shape index (κ2) is 10.2. The third kappa shape index (κ3) is 7.56. The summed E-state index contributed by atoms with van der Waals surface area (Å²) in [4.78, 5) is 14.4. The zero-order valence-electron chi connectivity index (χ0n) is 13.6. The van der Waals surface area contributed by atoms with Gasteiger partial charge in [0, 0.05) is 19.5 Å². The topological polar surface area (TPSA) is 46.3 Å². The number of carbonyl (C=O) groups excluding carboxylic acids is 1. The summed E-state index contributed by atoms with van der Waals surface area (Å²) in [6.07, 6.45) is 3.95. The largest absolute Gasteiger partial charge is 0.343 e. The fourth-order valence-electron chi connectivity index (χ4n) is 2.57. The second-order valence-corrected chi connectivity index (χ2v) is 6.05. The van der Waals surface area contributed by atoms with Gasteiger partial charge in [0.2, 0.25) is 5.91 Å². The lowest BCUT2D eigenvalue weighted by atomic mass is 9.93. The lowest BCUT2D eigenvalue weighted by molar-refractivity contribution is -0.132. The summed E-state index contributed by atoms with van der Waals surface area (Å²) in [6.45, 7) is 13.2. The summed E-state index contributed by atoms with van der Waals surface area (Å²) in [5, 5.41) is 0. The van der Waals surface area contributed by atoms with Gasteiger partial charge in [-0.2, -0.15) is 0 Å². The zero-order valence-corrected chi connectivity index (χ0v) is 13.6. The minimum atomic E-state index is 0.283. The van der Waals surface area contributed by atoms with Gasteiger partial charge < -0.3 is 10.6 Å². The van der Waals surface area contributed by atoms with E-state index < -0.39 is 0 Å². The summed E-state index contributed by atoms with van der Waals surface area (Å²) in [5.41, 5.74) is 5.79. The van der Waals surface area contributed by atoms with E-state index in [1.165, 1.54) is 0 Å². The molecule has 0 saturated carbocycles. The maximum atomic E-state index is 12.4. The molecule has 0 spiro atoms. The molecular weight excluding hydrogens is 236 g/mol. The number of nitrogens with two attached hydrogens (primary N) is 1. The Morgan fingerprint density at radius 2 is 1.68 bits per heavy atom. The quantitative estimate of drug-likeness (QED) is 0.662. The first-order chi connectivity index (χ1) is 8.98. The van der Waals surface area contributed by atoms with Crippen molar-refractivity contribution in [1.29, 1.82) is 0 Å². The monoisotopic (exact) mass is 270 g/mol. The average Bonchev–Trinajstić information content (AvgIpc) is 2.38. The van der Waals surface area contributed by atoms with Gasteiger partial charge in [0.25, 0.3) is 0 Å². The van der Waals surface area contributed by atoms with Crippen LogP contribution >= 0.6 is 0 Å². The van der Waals surface area contributed by atoms with Gasteiger partial charge in [-0.3, -0.25) is 4.79 Å². The Hall–Kier alpha value is -0.570. The van der Waals surface area contributed by atoms with E-state index in [1.807, 2.05) is 4.90 Å². The van der Waals surface area contributed by atoms with Crippen LogP contribution in [0.25, 0.3) is 0 Å². The molecule has 2 N–H and O–H groups in total. The molecule has 114 valence electrons. The fourth-order valence-corrected chi connectivity index (χ4v) is 2.57. The molecule has 0 heterocycles. The molecule has 19 heavy (non-hydrogen) atoms. The molecule has 0 saturated heterocycles. The van der Waals surface area contributed by atoms with Gasteiger partial charge in [-0.05, 0) is 37.6 Å². The molecule has 3 heteroatoms. The third-order valence-corrected chi connectivity index (χ3v) is 3.97. The van der Waals surface area contributed by atoms with Crippen molar-refractivity contribution in [2.75, 3.05) is 19.6 Å². The molecule has 0 aromatic rings. The normalized spacial score (nSPS) is 13.1. The van der Waals surface area contributed by atoms with Crippen LogP contribution in [0.2, 0.25) is 0 Å². The van der Waals surface area contributed by atoms with Gasteiger partial charge in [0.15, 0.2) is 0 Å². The molecule has 1 atom stereocenters. The first-order valence-corrected chi connectivity index (χ1v) is 7.96. The van der Waals surface area contributed by atoms with Crippen molar-refractivity contribution in [3.05, 3.63) is 0 Å². The molecule has 0 aliphatic carbocycles. The van der Waals surface area contributed by atoms with Crippen LogP contribution in [0.15, 0.2) is 0 Å². The molecular formula is C16H34N2O.